The number of piperidine rings is 1. The quantitative estimate of drug-likeness (QED) is 0.420. The van der Waals surface area contributed by atoms with E-state index in [4.69, 9.17) is 0 Å². The Hall–Kier alpha value is -3.40. The highest BCUT2D eigenvalue weighted by molar-refractivity contribution is 5.81. The summed E-state index contributed by atoms with van der Waals surface area (Å²) in [7, 11) is 0. The van der Waals surface area contributed by atoms with Crippen LogP contribution < -0.4 is 4.90 Å². The predicted molar refractivity (Wildman–Crippen MR) is 119 cm³/mol. The molecule has 0 atom stereocenters. The maximum absolute atomic E-state index is 14.1. The predicted octanol–water partition coefficient (Wildman–Crippen LogP) is 6.17. The zero-order valence-electron chi connectivity index (χ0n) is 17.9. The molecule has 0 bridgehead atoms. The number of rotatable bonds is 6. The second-order valence-corrected chi connectivity index (χ2v) is 8.31. The summed E-state index contributed by atoms with van der Waals surface area (Å²) in [5.74, 6) is -0.841. The number of benzene rings is 2. The van der Waals surface area contributed by atoms with Crippen LogP contribution in [-0.2, 0) is 12.8 Å². The summed E-state index contributed by atoms with van der Waals surface area (Å²) in [5, 5.41) is 9.39. The zero-order valence-corrected chi connectivity index (χ0v) is 17.9. The molecule has 0 amide bonds. The lowest BCUT2D eigenvalue weighted by Crippen LogP contribution is -2.34. The molecule has 2 aromatic carbocycles. The van der Waals surface area contributed by atoms with Crippen LogP contribution >= 0.6 is 0 Å². The fourth-order valence-corrected chi connectivity index (χ4v) is 4.47. The smallest absolute Gasteiger partial charge is 0.244 e. The maximum Gasteiger partial charge on any atom is 0.244 e. The standard InChI is InChI=1S/C26H23F4N3/c27-20-5-4-19(23(28)14-20)12-17-7-10-33(11-8-17)25-6-3-18(16-31)13-22(25)21-2-1-9-32-24(21)15-26(29)30/h1-6,9,13-14,17,26H,7-8,10-12,15H2. The number of hydrogen-bond donors (Lipinski definition) is 0. The van der Waals surface area contributed by atoms with Crippen molar-refractivity contribution in [3.8, 4) is 17.2 Å². The molecule has 2 heterocycles. The molecule has 3 aromatic rings. The molecule has 0 unspecified atom stereocenters. The SMILES string of the molecule is N#Cc1ccc(N2CCC(Cc3ccc(F)cc3F)CC2)c(-c2cccnc2CC(F)F)c1. The number of anilines is 1. The Labute approximate surface area is 190 Å². The van der Waals surface area contributed by atoms with E-state index in [0.29, 0.717) is 47.5 Å². The van der Waals surface area contributed by atoms with Crippen LogP contribution in [0.15, 0.2) is 54.7 Å². The molecule has 33 heavy (non-hydrogen) atoms. The van der Waals surface area contributed by atoms with Crippen molar-refractivity contribution in [2.75, 3.05) is 18.0 Å². The van der Waals surface area contributed by atoms with Gasteiger partial charge in [0.15, 0.2) is 0 Å². The molecule has 1 fully saturated rings. The number of aromatic nitrogens is 1. The third-order valence-corrected chi connectivity index (χ3v) is 6.13. The first-order valence-corrected chi connectivity index (χ1v) is 10.9. The van der Waals surface area contributed by atoms with Crippen LogP contribution in [0.5, 0.6) is 0 Å². The van der Waals surface area contributed by atoms with Crippen molar-refractivity contribution in [3.05, 3.63) is 83.2 Å². The van der Waals surface area contributed by atoms with Gasteiger partial charge in [-0.15, -0.1) is 0 Å². The monoisotopic (exact) mass is 453 g/mol. The van der Waals surface area contributed by atoms with E-state index in [-0.39, 0.29) is 5.92 Å². The topological polar surface area (TPSA) is 39.9 Å². The highest BCUT2D eigenvalue weighted by Crippen LogP contribution is 2.36. The fourth-order valence-electron chi connectivity index (χ4n) is 4.47. The molecule has 1 saturated heterocycles. The van der Waals surface area contributed by atoms with E-state index in [1.165, 1.54) is 18.3 Å². The van der Waals surface area contributed by atoms with E-state index in [0.717, 1.165) is 24.6 Å². The maximum atomic E-state index is 14.1. The number of alkyl halides is 2. The Morgan fingerprint density at radius 1 is 1.03 bits per heavy atom. The Morgan fingerprint density at radius 3 is 2.52 bits per heavy atom. The number of nitriles is 1. The van der Waals surface area contributed by atoms with E-state index >= 15 is 0 Å². The van der Waals surface area contributed by atoms with Gasteiger partial charge in [-0.3, -0.25) is 4.98 Å². The van der Waals surface area contributed by atoms with Gasteiger partial charge < -0.3 is 4.90 Å². The molecule has 3 nitrogen and oxygen atoms in total. The number of hydrogen-bond acceptors (Lipinski definition) is 3. The molecule has 0 N–H and O–H groups in total. The van der Waals surface area contributed by atoms with Crippen molar-refractivity contribution in [2.45, 2.75) is 32.1 Å². The van der Waals surface area contributed by atoms with Crippen molar-refractivity contribution in [1.82, 2.24) is 4.98 Å². The molecule has 4 rings (SSSR count). The molecule has 1 aliphatic rings. The second kappa shape index (κ2) is 10.0. The summed E-state index contributed by atoms with van der Waals surface area (Å²) in [5.41, 5.74) is 3.43. The van der Waals surface area contributed by atoms with Gasteiger partial charge in [-0.1, -0.05) is 12.1 Å². The Balaban J connectivity index is 1.57. The van der Waals surface area contributed by atoms with Gasteiger partial charge in [0.05, 0.1) is 23.7 Å². The van der Waals surface area contributed by atoms with Crippen molar-refractivity contribution >= 4 is 5.69 Å². The molecule has 0 saturated carbocycles. The fraction of sp³-hybridized carbons (Fsp3) is 0.308. The van der Waals surface area contributed by atoms with Crippen LogP contribution in [0.4, 0.5) is 23.2 Å². The number of pyridine rings is 1. The first-order chi connectivity index (χ1) is 15.9. The van der Waals surface area contributed by atoms with Gasteiger partial charge in [-0.25, -0.2) is 17.6 Å². The van der Waals surface area contributed by atoms with Gasteiger partial charge in [-0.05, 0) is 61.1 Å². The van der Waals surface area contributed by atoms with Crippen LogP contribution in [0.3, 0.4) is 0 Å². The minimum atomic E-state index is -2.52. The summed E-state index contributed by atoms with van der Waals surface area (Å²) in [6, 6.07) is 14.6. The Bertz CT molecular complexity index is 1160. The molecule has 1 aliphatic heterocycles. The van der Waals surface area contributed by atoms with Gasteiger partial charge in [0, 0.05) is 42.2 Å². The van der Waals surface area contributed by atoms with Gasteiger partial charge >= 0.3 is 0 Å². The minimum Gasteiger partial charge on any atom is -0.371 e. The summed E-state index contributed by atoms with van der Waals surface area (Å²) < 4.78 is 53.5. The van der Waals surface area contributed by atoms with Gasteiger partial charge in [0.25, 0.3) is 0 Å². The molecular weight excluding hydrogens is 430 g/mol. The third-order valence-electron chi connectivity index (χ3n) is 6.13. The van der Waals surface area contributed by atoms with Crippen LogP contribution in [-0.4, -0.2) is 24.5 Å². The van der Waals surface area contributed by atoms with E-state index in [1.807, 2.05) is 6.07 Å². The number of halogens is 4. The highest BCUT2D eigenvalue weighted by atomic mass is 19.3. The second-order valence-electron chi connectivity index (χ2n) is 8.31. The molecule has 170 valence electrons. The summed E-state index contributed by atoms with van der Waals surface area (Å²) in [6.45, 7) is 1.41. The summed E-state index contributed by atoms with van der Waals surface area (Å²) in [6.07, 6.45) is 0.679. The van der Waals surface area contributed by atoms with Crippen molar-refractivity contribution in [2.24, 2.45) is 5.92 Å². The lowest BCUT2D eigenvalue weighted by atomic mass is 9.89. The zero-order chi connectivity index (χ0) is 23.4. The average Bonchev–Trinajstić information content (AvgIpc) is 2.81. The summed E-state index contributed by atoms with van der Waals surface area (Å²) in [4.78, 5) is 6.34. The molecule has 7 heteroatoms. The van der Waals surface area contributed by atoms with Gasteiger partial charge in [0.2, 0.25) is 6.43 Å². The lowest BCUT2D eigenvalue weighted by molar-refractivity contribution is 0.148. The number of nitrogens with zero attached hydrogens (tertiary/aromatic N) is 3. The van der Waals surface area contributed by atoms with Gasteiger partial charge in [-0.2, -0.15) is 5.26 Å². The highest BCUT2D eigenvalue weighted by Gasteiger charge is 2.24. The van der Waals surface area contributed by atoms with E-state index in [1.54, 1.807) is 24.3 Å². The van der Waals surface area contributed by atoms with Crippen LogP contribution in [0, 0.1) is 28.9 Å². The summed E-state index contributed by atoms with van der Waals surface area (Å²) >= 11 is 0. The van der Waals surface area contributed by atoms with Crippen LogP contribution in [0.1, 0.15) is 29.7 Å². The van der Waals surface area contributed by atoms with E-state index < -0.39 is 24.5 Å². The molecule has 0 spiro atoms. The molecule has 1 aromatic heterocycles. The van der Waals surface area contributed by atoms with E-state index in [2.05, 4.69) is 16.0 Å². The average molecular weight is 453 g/mol. The largest absolute Gasteiger partial charge is 0.371 e. The molecule has 0 radical (unpaired) electrons. The van der Waals surface area contributed by atoms with E-state index in [9.17, 15) is 22.8 Å². The lowest BCUT2D eigenvalue weighted by Gasteiger charge is -2.35. The van der Waals surface area contributed by atoms with Crippen LogP contribution in [0.2, 0.25) is 0 Å². The van der Waals surface area contributed by atoms with Crippen molar-refractivity contribution < 1.29 is 17.6 Å². The first kappa shape index (κ1) is 22.8. The third kappa shape index (κ3) is 5.33. The van der Waals surface area contributed by atoms with Crippen molar-refractivity contribution in [1.29, 1.82) is 5.26 Å². The first-order valence-electron chi connectivity index (χ1n) is 10.9. The normalized spacial score (nSPS) is 14.5. The molecular formula is C26H23F4N3. The Morgan fingerprint density at radius 2 is 1.82 bits per heavy atom. The Kier molecular flexibility index (Phi) is 6.93. The minimum absolute atomic E-state index is 0.260. The van der Waals surface area contributed by atoms with Gasteiger partial charge in [0.1, 0.15) is 11.6 Å². The van der Waals surface area contributed by atoms with Crippen molar-refractivity contribution in [3.63, 3.8) is 0 Å². The van der Waals surface area contributed by atoms with Crippen LogP contribution in [0.25, 0.3) is 11.1 Å². The molecule has 0 aliphatic carbocycles.